The van der Waals surface area contributed by atoms with E-state index in [0.29, 0.717) is 12.5 Å². The van der Waals surface area contributed by atoms with Crippen LogP contribution in [0.1, 0.15) is 42.5 Å². The first-order valence-electron chi connectivity index (χ1n) is 8.88. The zero-order valence-corrected chi connectivity index (χ0v) is 13.8. The number of rotatable bonds is 2. The average Bonchev–Trinajstić information content (AvgIpc) is 3.16. The van der Waals surface area contributed by atoms with Crippen LogP contribution in [-0.2, 0) is 4.79 Å². The average molecular weight is 325 g/mol. The van der Waals surface area contributed by atoms with Crippen molar-refractivity contribution in [1.29, 1.82) is 0 Å². The van der Waals surface area contributed by atoms with Crippen LogP contribution in [0.3, 0.4) is 0 Å². The summed E-state index contributed by atoms with van der Waals surface area (Å²) in [5.74, 6) is 0.386. The zero-order chi connectivity index (χ0) is 16.5. The molecule has 2 aromatic rings. The van der Waals surface area contributed by atoms with Crippen LogP contribution < -0.4 is 0 Å². The van der Waals surface area contributed by atoms with E-state index in [1.807, 2.05) is 40.3 Å². The zero-order valence-electron chi connectivity index (χ0n) is 13.8. The van der Waals surface area contributed by atoms with Gasteiger partial charge in [0, 0.05) is 49.4 Å². The number of fused-ring (bicyclic) bond motifs is 1. The number of nitrogens with zero attached hydrogens (tertiary/aromatic N) is 2. The van der Waals surface area contributed by atoms with Crippen molar-refractivity contribution in [1.82, 2.24) is 14.8 Å². The fourth-order valence-electron chi connectivity index (χ4n) is 4.01. The number of benzene rings is 1. The minimum absolute atomic E-state index is 0.0971. The van der Waals surface area contributed by atoms with Gasteiger partial charge in [-0.15, -0.1) is 0 Å². The van der Waals surface area contributed by atoms with Crippen molar-refractivity contribution in [3.05, 3.63) is 36.0 Å². The second kappa shape index (κ2) is 6.30. The summed E-state index contributed by atoms with van der Waals surface area (Å²) in [6.07, 6.45) is 6.42. The summed E-state index contributed by atoms with van der Waals surface area (Å²) in [5.41, 5.74) is 1.73. The van der Waals surface area contributed by atoms with Crippen molar-refractivity contribution >= 4 is 22.7 Å². The Morgan fingerprint density at radius 3 is 2.83 bits per heavy atom. The summed E-state index contributed by atoms with van der Waals surface area (Å²) in [7, 11) is 0. The van der Waals surface area contributed by atoms with Crippen molar-refractivity contribution in [2.45, 2.75) is 38.1 Å². The number of hydrogen-bond donors (Lipinski definition) is 1. The molecule has 2 fully saturated rings. The van der Waals surface area contributed by atoms with E-state index in [1.165, 1.54) is 0 Å². The van der Waals surface area contributed by atoms with E-state index in [4.69, 9.17) is 0 Å². The molecular weight excluding hydrogens is 302 g/mol. The number of carbonyl (C=O) groups excluding carboxylic acids is 2. The van der Waals surface area contributed by atoms with Crippen LogP contribution in [0.2, 0.25) is 0 Å². The molecule has 126 valence electrons. The molecule has 5 nitrogen and oxygen atoms in total. The molecule has 24 heavy (non-hydrogen) atoms. The van der Waals surface area contributed by atoms with Crippen LogP contribution in [0, 0.1) is 0 Å². The van der Waals surface area contributed by atoms with Gasteiger partial charge in [-0.2, -0.15) is 0 Å². The number of hydrogen-bond acceptors (Lipinski definition) is 2. The number of likely N-dealkylation sites (tertiary alicyclic amines) is 2. The first kappa shape index (κ1) is 15.2. The summed E-state index contributed by atoms with van der Waals surface area (Å²) in [6, 6.07) is 8.15. The van der Waals surface area contributed by atoms with Gasteiger partial charge in [-0.25, -0.2) is 0 Å². The van der Waals surface area contributed by atoms with Crippen LogP contribution in [0.4, 0.5) is 0 Å². The molecular formula is C19H23N3O2. The van der Waals surface area contributed by atoms with E-state index in [9.17, 15) is 9.59 Å². The Labute approximate surface area is 141 Å². The highest BCUT2D eigenvalue weighted by Crippen LogP contribution is 2.23. The van der Waals surface area contributed by atoms with Crippen LogP contribution >= 0.6 is 0 Å². The molecule has 2 saturated heterocycles. The Morgan fingerprint density at radius 1 is 1.08 bits per heavy atom. The lowest BCUT2D eigenvalue weighted by atomic mass is 10.1. The summed E-state index contributed by atoms with van der Waals surface area (Å²) < 4.78 is 0. The lowest BCUT2D eigenvalue weighted by Crippen LogP contribution is -2.37. The van der Waals surface area contributed by atoms with Gasteiger partial charge < -0.3 is 14.8 Å². The summed E-state index contributed by atoms with van der Waals surface area (Å²) in [4.78, 5) is 32.0. The number of carbonyl (C=O) groups is 2. The second-order valence-electron chi connectivity index (χ2n) is 6.85. The second-order valence-corrected chi connectivity index (χ2v) is 6.85. The van der Waals surface area contributed by atoms with E-state index < -0.39 is 0 Å². The number of amides is 2. The molecule has 0 aliphatic carbocycles. The molecule has 0 spiro atoms. The maximum absolute atomic E-state index is 12.8. The molecule has 1 aromatic heterocycles. The molecule has 2 aliphatic heterocycles. The minimum atomic E-state index is 0.0971. The molecule has 0 bridgehead atoms. The molecule has 5 heteroatoms. The van der Waals surface area contributed by atoms with Gasteiger partial charge in [0.15, 0.2) is 0 Å². The van der Waals surface area contributed by atoms with Gasteiger partial charge in [0.05, 0.1) is 0 Å². The third-order valence-corrected chi connectivity index (χ3v) is 5.34. The monoisotopic (exact) mass is 325 g/mol. The standard InChI is InChI=1S/C19H23N3O2/c23-18-4-2-11-22(18)16-3-1-10-21(12-8-16)19(24)15-6-5-14-7-9-20-17(14)13-15/h5-7,9,13,16,20H,1-4,8,10-12H2. The minimum Gasteiger partial charge on any atom is -0.361 e. The predicted molar refractivity (Wildman–Crippen MR) is 92.8 cm³/mol. The summed E-state index contributed by atoms with van der Waals surface area (Å²) in [6.45, 7) is 2.40. The van der Waals surface area contributed by atoms with Crippen LogP contribution in [-0.4, -0.2) is 52.3 Å². The van der Waals surface area contributed by atoms with Gasteiger partial charge in [-0.3, -0.25) is 9.59 Å². The highest BCUT2D eigenvalue weighted by Gasteiger charge is 2.30. The van der Waals surface area contributed by atoms with E-state index >= 15 is 0 Å². The van der Waals surface area contributed by atoms with Crippen LogP contribution in [0.5, 0.6) is 0 Å². The predicted octanol–water partition coefficient (Wildman–Crippen LogP) is 2.79. The molecule has 2 amide bonds. The quantitative estimate of drug-likeness (QED) is 0.923. The van der Waals surface area contributed by atoms with Crippen LogP contribution in [0.15, 0.2) is 30.5 Å². The fourth-order valence-corrected chi connectivity index (χ4v) is 4.01. The maximum Gasteiger partial charge on any atom is 0.253 e. The third kappa shape index (κ3) is 2.79. The fraction of sp³-hybridized carbons (Fsp3) is 0.474. The van der Waals surface area contributed by atoms with Crippen molar-refractivity contribution in [2.24, 2.45) is 0 Å². The van der Waals surface area contributed by atoms with E-state index in [-0.39, 0.29) is 11.8 Å². The highest BCUT2D eigenvalue weighted by atomic mass is 16.2. The number of aromatic amines is 1. The lowest BCUT2D eigenvalue weighted by Gasteiger charge is -2.27. The van der Waals surface area contributed by atoms with Crippen molar-refractivity contribution in [3.63, 3.8) is 0 Å². The van der Waals surface area contributed by atoms with E-state index in [0.717, 1.165) is 61.8 Å². The summed E-state index contributed by atoms with van der Waals surface area (Å²) in [5, 5.41) is 1.12. The Hall–Kier alpha value is -2.30. The van der Waals surface area contributed by atoms with Gasteiger partial charge >= 0.3 is 0 Å². The third-order valence-electron chi connectivity index (χ3n) is 5.34. The molecule has 3 heterocycles. The Morgan fingerprint density at radius 2 is 2.00 bits per heavy atom. The van der Waals surface area contributed by atoms with E-state index in [1.54, 1.807) is 0 Å². The maximum atomic E-state index is 12.8. The topological polar surface area (TPSA) is 56.4 Å². The van der Waals surface area contributed by atoms with Crippen molar-refractivity contribution < 1.29 is 9.59 Å². The van der Waals surface area contributed by atoms with Gasteiger partial charge in [0.1, 0.15) is 0 Å². The Bertz CT molecular complexity index is 767. The molecule has 1 unspecified atom stereocenters. The number of aromatic nitrogens is 1. The van der Waals surface area contributed by atoms with Crippen molar-refractivity contribution in [3.8, 4) is 0 Å². The first-order chi connectivity index (χ1) is 11.7. The molecule has 0 saturated carbocycles. The molecule has 2 aliphatic rings. The molecule has 1 atom stereocenters. The SMILES string of the molecule is O=C(c1ccc2cc[nH]c2c1)N1CCCC(N2CCCC2=O)CC1. The number of H-pyrrole nitrogens is 1. The molecule has 1 N–H and O–H groups in total. The molecule has 4 rings (SSSR count). The molecule has 0 radical (unpaired) electrons. The van der Waals surface area contributed by atoms with Gasteiger partial charge in [0.2, 0.25) is 5.91 Å². The van der Waals surface area contributed by atoms with Gasteiger partial charge in [0.25, 0.3) is 5.91 Å². The normalized spacial score (nSPS) is 22.2. The molecule has 1 aromatic carbocycles. The number of nitrogens with one attached hydrogen (secondary N) is 1. The van der Waals surface area contributed by atoms with Crippen molar-refractivity contribution in [2.75, 3.05) is 19.6 Å². The van der Waals surface area contributed by atoms with Gasteiger partial charge in [-0.1, -0.05) is 6.07 Å². The highest BCUT2D eigenvalue weighted by molar-refractivity contribution is 5.98. The largest absolute Gasteiger partial charge is 0.361 e. The Kier molecular flexibility index (Phi) is 4.00. The lowest BCUT2D eigenvalue weighted by molar-refractivity contribution is -0.129. The van der Waals surface area contributed by atoms with Crippen LogP contribution in [0.25, 0.3) is 10.9 Å². The smallest absolute Gasteiger partial charge is 0.253 e. The van der Waals surface area contributed by atoms with Gasteiger partial charge in [-0.05, 0) is 49.3 Å². The first-order valence-corrected chi connectivity index (χ1v) is 8.88. The summed E-state index contributed by atoms with van der Waals surface area (Å²) >= 11 is 0. The Balaban J connectivity index is 1.46. The van der Waals surface area contributed by atoms with E-state index in [2.05, 4.69) is 4.98 Å².